The van der Waals surface area contributed by atoms with Crippen molar-refractivity contribution < 1.29 is 0 Å². The average Bonchev–Trinajstić information content (AvgIpc) is 2.62. The molecule has 0 radical (unpaired) electrons. The number of likely N-dealkylation sites (N-methyl/N-ethyl adjacent to an activating group) is 1. The predicted molar refractivity (Wildman–Crippen MR) is 125 cm³/mol. The van der Waals surface area contributed by atoms with Crippen LogP contribution in [0.15, 0.2) is 82.8 Å². The van der Waals surface area contributed by atoms with Crippen molar-refractivity contribution in [2.75, 3.05) is 36.2 Å². The van der Waals surface area contributed by atoms with E-state index < -0.39 is 0 Å². The fraction of sp³-hybridized carbons (Fsp3) is 0.200. The second-order valence-electron chi connectivity index (χ2n) is 4.85. The first-order chi connectivity index (χ1) is 12.0. The summed E-state index contributed by atoms with van der Waals surface area (Å²) in [7, 11) is 3.95. The zero-order valence-corrected chi connectivity index (χ0v) is 19.4. The van der Waals surface area contributed by atoms with E-state index in [0.29, 0.717) is 0 Å². The van der Waals surface area contributed by atoms with E-state index in [2.05, 4.69) is 83.3 Å². The van der Waals surface area contributed by atoms with Crippen molar-refractivity contribution in [2.45, 2.75) is 0 Å². The van der Waals surface area contributed by atoms with Crippen molar-refractivity contribution in [1.82, 2.24) is 0 Å². The molecule has 0 bridgehead atoms. The Labute approximate surface area is 177 Å². The lowest BCUT2D eigenvalue weighted by atomic mass is 10.3. The lowest BCUT2D eigenvalue weighted by Crippen LogP contribution is -2.16. The molecule has 0 saturated carbocycles. The smallest absolute Gasteiger partial charge is 0.0377 e. The van der Waals surface area contributed by atoms with Gasteiger partial charge in [-0.2, -0.15) is 0 Å². The Morgan fingerprint density at radius 3 is 1.96 bits per heavy atom. The second-order valence-corrected chi connectivity index (χ2v) is 7.33. The number of anilines is 2. The minimum absolute atomic E-state index is 0.871. The maximum atomic E-state index is 3.70. The van der Waals surface area contributed by atoms with Crippen molar-refractivity contribution in [2.24, 2.45) is 0 Å². The van der Waals surface area contributed by atoms with Crippen LogP contribution < -0.4 is 10.2 Å². The molecule has 5 heteroatoms. The number of benzene rings is 2. The molecule has 0 atom stereocenters. The van der Waals surface area contributed by atoms with Crippen molar-refractivity contribution in [1.29, 1.82) is 0 Å². The van der Waals surface area contributed by atoms with Crippen molar-refractivity contribution in [3.8, 4) is 0 Å². The summed E-state index contributed by atoms with van der Waals surface area (Å²) >= 11 is 9.92. The SMILES string of the molecule is C=CCBr.C=CCN(C)c1cccc(Br)c1.CNc1cccc(Br)c1. The molecule has 0 aromatic heterocycles. The van der Waals surface area contributed by atoms with Gasteiger partial charge < -0.3 is 10.2 Å². The van der Waals surface area contributed by atoms with E-state index in [1.807, 2.05) is 56.6 Å². The minimum atomic E-state index is 0.871. The van der Waals surface area contributed by atoms with Gasteiger partial charge in [0.1, 0.15) is 0 Å². The third-order valence-electron chi connectivity index (χ3n) is 2.87. The maximum absolute atomic E-state index is 3.70. The Kier molecular flexibility index (Phi) is 14.6. The second kappa shape index (κ2) is 15.2. The summed E-state index contributed by atoms with van der Waals surface area (Å²) in [5, 5.41) is 3.93. The van der Waals surface area contributed by atoms with Crippen LogP contribution in [-0.2, 0) is 0 Å². The van der Waals surface area contributed by atoms with Crippen LogP contribution in [0.4, 0.5) is 11.4 Å². The van der Waals surface area contributed by atoms with Crippen LogP contribution in [0.25, 0.3) is 0 Å². The zero-order valence-electron chi connectivity index (χ0n) is 14.7. The molecular formula is C20H25Br3N2. The van der Waals surface area contributed by atoms with Gasteiger partial charge in [0.2, 0.25) is 0 Å². The number of hydrogen-bond acceptors (Lipinski definition) is 2. The number of halogens is 3. The van der Waals surface area contributed by atoms with Crippen LogP contribution in [0.1, 0.15) is 0 Å². The molecule has 2 aromatic rings. The summed E-state index contributed by atoms with van der Waals surface area (Å²) in [6, 6.07) is 16.3. The van der Waals surface area contributed by atoms with E-state index in [1.165, 1.54) is 5.69 Å². The molecule has 0 amide bonds. The van der Waals surface area contributed by atoms with Crippen LogP contribution in [0, 0.1) is 0 Å². The van der Waals surface area contributed by atoms with E-state index in [0.717, 1.165) is 26.5 Å². The van der Waals surface area contributed by atoms with Crippen molar-refractivity contribution >= 4 is 59.2 Å². The highest BCUT2D eigenvalue weighted by molar-refractivity contribution is 9.10. The normalized spacial score (nSPS) is 8.84. The molecule has 0 unspecified atom stereocenters. The van der Waals surface area contributed by atoms with Crippen molar-refractivity contribution in [3.05, 3.63) is 82.8 Å². The van der Waals surface area contributed by atoms with Crippen molar-refractivity contribution in [3.63, 3.8) is 0 Å². The molecule has 1 N–H and O–H groups in total. The number of rotatable bonds is 5. The van der Waals surface area contributed by atoms with Crippen LogP contribution in [-0.4, -0.2) is 26.0 Å². The quantitative estimate of drug-likeness (QED) is 0.325. The molecule has 0 saturated heterocycles. The molecular weight excluding hydrogens is 508 g/mol. The van der Waals surface area contributed by atoms with Gasteiger partial charge in [-0.25, -0.2) is 0 Å². The molecule has 25 heavy (non-hydrogen) atoms. The Morgan fingerprint density at radius 1 is 1.00 bits per heavy atom. The molecule has 0 spiro atoms. The van der Waals surface area contributed by atoms with E-state index in [-0.39, 0.29) is 0 Å². The third kappa shape index (κ3) is 12.0. The minimum Gasteiger partial charge on any atom is -0.388 e. The number of hydrogen-bond donors (Lipinski definition) is 1. The standard InChI is InChI=1S/C10H12BrN.C7H8BrN.C3H5Br/c1-3-7-12(2)10-6-4-5-9(11)8-10;1-9-7-4-2-3-6(8)5-7;1-2-3-4/h3-6,8H,1,7H2,2H3;2-5,9H,1H3;2H,1,3H2. The lowest BCUT2D eigenvalue weighted by Gasteiger charge is -2.16. The van der Waals surface area contributed by atoms with Gasteiger partial charge in [-0.15, -0.1) is 13.2 Å². The summed E-state index contributed by atoms with van der Waals surface area (Å²) in [6.45, 7) is 8.00. The van der Waals surface area contributed by atoms with E-state index in [4.69, 9.17) is 0 Å². The fourth-order valence-corrected chi connectivity index (χ4v) is 2.44. The van der Waals surface area contributed by atoms with Gasteiger partial charge in [-0.1, -0.05) is 72.1 Å². The van der Waals surface area contributed by atoms with E-state index in [1.54, 1.807) is 6.08 Å². The highest BCUT2D eigenvalue weighted by Crippen LogP contribution is 2.18. The molecule has 0 heterocycles. The first-order valence-corrected chi connectivity index (χ1v) is 10.4. The van der Waals surface area contributed by atoms with E-state index >= 15 is 0 Å². The molecule has 136 valence electrons. The first-order valence-electron chi connectivity index (χ1n) is 7.66. The number of nitrogens with one attached hydrogen (secondary N) is 1. The van der Waals surface area contributed by atoms with Crippen LogP contribution in [0.3, 0.4) is 0 Å². The molecule has 0 aliphatic rings. The lowest BCUT2D eigenvalue weighted by molar-refractivity contribution is 1.03. The summed E-state index contributed by atoms with van der Waals surface area (Å²) in [5.41, 5.74) is 2.33. The van der Waals surface area contributed by atoms with Gasteiger partial charge in [-0.05, 0) is 36.4 Å². The summed E-state index contributed by atoms with van der Waals surface area (Å²) in [4.78, 5) is 2.14. The molecule has 0 aliphatic carbocycles. The summed E-state index contributed by atoms with van der Waals surface area (Å²) < 4.78 is 2.21. The Morgan fingerprint density at radius 2 is 1.56 bits per heavy atom. The monoisotopic (exact) mass is 530 g/mol. The predicted octanol–water partition coefficient (Wildman–Crippen LogP) is 7.13. The number of nitrogens with zero attached hydrogens (tertiary/aromatic N) is 1. The highest BCUT2D eigenvalue weighted by atomic mass is 79.9. The van der Waals surface area contributed by atoms with Gasteiger partial charge in [0.05, 0.1) is 0 Å². The molecule has 0 fully saturated rings. The van der Waals surface area contributed by atoms with Gasteiger partial charge in [-0.3, -0.25) is 0 Å². The fourth-order valence-electron chi connectivity index (χ4n) is 1.66. The Bertz CT molecular complexity index is 630. The first kappa shape index (κ1) is 24.0. The molecule has 0 aliphatic heterocycles. The Balaban J connectivity index is 0.000000391. The van der Waals surface area contributed by atoms with Crippen LogP contribution in [0.2, 0.25) is 0 Å². The number of allylic oxidation sites excluding steroid dienone is 1. The van der Waals surface area contributed by atoms with E-state index in [9.17, 15) is 0 Å². The summed E-state index contributed by atoms with van der Waals surface area (Å²) in [5.74, 6) is 0. The van der Waals surface area contributed by atoms with Crippen LogP contribution >= 0.6 is 47.8 Å². The maximum Gasteiger partial charge on any atom is 0.0377 e. The topological polar surface area (TPSA) is 15.3 Å². The average molecular weight is 533 g/mol. The summed E-state index contributed by atoms with van der Waals surface area (Å²) in [6.07, 6.45) is 3.68. The van der Waals surface area contributed by atoms with Gasteiger partial charge in [0.15, 0.2) is 0 Å². The zero-order chi connectivity index (χ0) is 19.1. The van der Waals surface area contributed by atoms with Crippen LogP contribution in [0.5, 0.6) is 0 Å². The Hall–Kier alpha value is -1.04. The van der Waals surface area contributed by atoms with Gasteiger partial charge >= 0.3 is 0 Å². The van der Waals surface area contributed by atoms with Gasteiger partial charge in [0, 0.05) is 46.3 Å². The third-order valence-corrected chi connectivity index (χ3v) is 4.32. The van der Waals surface area contributed by atoms with Gasteiger partial charge in [0.25, 0.3) is 0 Å². The highest BCUT2D eigenvalue weighted by Gasteiger charge is 1.97. The number of alkyl halides is 1. The molecule has 2 rings (SSSR count). The largest absolute Gasteiger partial charge is 0.388 e. The molecule has 2 aromatic carbocycles. The molecule has 2 nitrogen and oxygen atoms in total.